The van der Waals surface area contributed by atoms with E-state index >= 15 is 0 Å². The SMILES string of the molecule is COc1ccc([C@H]2C(C(=O)OCc3ccccc3)=C(C)NC3=C2C(=O)C[C@H](c2ccccc2)C3)cc1OC. The van der Waals surface area contributed by atoms with Crippen LogP contribution < -0.4 is 14.8 Å². The number of ether oxygens (including phenoxy) is 3. The van der Waals surface area contributed by atoms with Crippen LogP contribution in [0, 0.1) is 0 Å². The Balaban J connectivity index is 1.55. The van der Waals surface area contributed by atoms with Crippen molar-refractivity contribution in [1.82, 2.24) is 5.32 Å². The first kappa shape index (κ1) is 25.3. The number of methoxy groups -OCH3 is 2. The van der Waals surface area contributed by atoms with Gasteiger partial charge in [-0.25, -0.2) is 4.79 Å². The van der Waals surface area contributed by atoms with Gasteiger partial charge >= 0.3 is 5.97 Å². The molecule has 6 heteroatoms. The predicted octanol–water partition coefficient (Wildman–Crippen LogP) is 5.81. The summed E-state index contributed by atoms with van der Waals surface area (Å²) < 4.78 is 16.8. The summed E-state index contributed by atoms with van der Waals surface area (Å²) >= 11 is 0. The number of dihydropyridines is 1. The molecule has 3 aromatic carbocycles. The number of carbonyl (C=O) groups is 2. The van der Waals surface area contributed by atoms with E-state index in [0.717, 1.165) is 22.4 Å². The highest BCUT2D eigenvalue weighted by Crippen LogP contribution is 2.47. The zero-order valence-electron chi connectivity index (χ0n) is 21.8. The Morgan fingerprint density at radius 3 is 2.24 bits per heavy atom. The molecule has 0 spiro atoms. The maximum absolute atomic E-state index is 13.8. The fourth-order valence-electron chi connectivity index (χ4n) is 5.44. The smallest absolute Gasteiger partial charge is 0.337 e. The summed E-state index contributed by atoms with van der Waals surface area (Å²) in [5.41, 5.74) is 5.38. The number of rotatable bonds is 7. The molecule has 6 nitrogen and oxygen atoms in total. The molecule has 0 unspecified atom stereocenters. The van der Waals surface area contributed by atoms with Crippen molar-refractivity contribution in [3.8, 4) is 11.5 Å². The van der Waals surface area contributed by atoms with Gasteiger partial charge < -0.3 is 19.5 Å². The number of hydrogen-bond donors (Lipinski definition) is 1. The van der Waals surface area contributed by atoms with Crippen LogP contribution >= 0.6 is 0 Å². The summed E-state index contributed by atoms with van der Waals surface area (Å²) in [5, 5.41) is 3.41. The number of benzene rings is 3. The van der Waals surface area contributed by atoms with Crippen molar-refractivity contribution in [2.45, 2.75) is 38.2 Å². The van der Waals surface area contributed by atoms with E-state index in [-0.39, 0.29) is 18.3 Å². The molecule has 0 saturated heterocycles. The number of ketones is 1. The molecule has 1 heterocycles. The number of hydrogen-bond acceptors (Lipinski definition) is 6. The van der Waals surface area contributed by atoms with Crippen LogP contribution in [0.1, 0.15) is 48.3 Å². The third-order valence-electron chi connectivity index (χ3n) is 7.27. The van der Waals surface area contributed by atoms with E-state index in [1.165, 1.54) is 0 Å². The van der Waals surface area contributed by atoms with Crippen LogP contribution in [0.2, 0.25) is 0 Å². The largest absolute Gasteiger partial charge is 0.493 e. The van der Waals surface area contributed by atoms with Gasteiger partial charge in [0.1, 0.15) is 6.61 Å². The molecule has 0 aromatic heterocycles. The molecule has 0 amide bonds. The summed E-state index contributed by atoms with van der Waals surface area (Å²) in [5.74, 6) is 0.161. The number of carbonyl (C=O) groups excluding carboxylic acids is 2. The monoisotopic (exact) mass is 509 g/mol. The van der Waals surface area contributed by atoms with Crippen molar-refractivity contribution in [3.05, 3.63) is 118 Å². The molecular formula is C32H31NO5. The van der Waals surface area contributed by atoms with Gasteiger partial charge in [0.25, 0.3) is 0 Å². The average Bonchev–Trinajstić information content (AvgIpc) is 2.95. The summed E-state index contributed by atoms with van der Waals surface area (Å²) in [6, 6.07) is 25.2. The van der Waals surface area contributed by atoms with Crippen molar-refractivity contribution in [1.29, 1.82) is 0 Å². The van der Waals surface area contributed by atoms with E-state index in [4.69, 9.17) is 14.2 Å². The van der Waals surface area contributed by atoms with E-state index in [1.54, 1.807) is 20.3 Å². The minimum atomic E-state index is -0.585. The number of nitrogens with one attached hydrogen (secondary N) is 1. The predicted molar refractivity (Wildman–Crippen MR) is 145 cm³/mol. The lowest BCUT2D eigenvalue weighted by Gasteiger charge is -2.36. The van der Waals surface area contributed by atoms with Gasteiger partial charge in [0, 0.05) is 29.3 Å². The topological polar surface area (TPSA) is 73.9 Å². The lowest BCUT2D eigenvalue weighted by atomic mass is 9.71. The second-order valence-electron chi connectivity index (χ2n) is 9.60. The molecule has 1 N–H and O–H groups in total. The molecule has 0 radical (unpaired) electrons. The third kappa shape index (κ3) is 4.94. The Morgan fingerprint density at radius 2 is 1.55 bits per heavy atom. The molecule has 1 aliphatic heterocycles. The Labute approximate surface area is 222 Å². The molecule has 0 saturated carbocycles. The fraction of sp³-hybridized carbons (Fsp3) is 0.250. The minimum absolute atomic E-state index is 0.0215. The second kappa shape index (κ2) is 11.0. The van der Waals surface area contributed by atoms with Crippen molar-refractivity contribution in [2.75, 3.05) is 14.2 Å². The van der Waals surface area contributed by atoms with Crippen molar-refractivity contribution >= 4 is 11.8 Å². The Hall–Kier alpha value is -4.32. The first-order valence-corrected chi connectivity index (χ1v) is 12.7. The molecule has 0 fully saturated rings. The van der Waals surface area contributed by atoms with Crippen LogP contribution in [0.5, 0.6) is 11.5 Å². The maximum atomic E-state index is 13.8. The lowest BCUT2D eigenvalue weighted by molar-refractivity contribution is -0.140. The Morgan fingerprint density at radius 1 is 0.868 bits per heavy atom. The van der Waals surface area contributed by atoms with Gasteiger partial charge in [-0.2, -0.15) is 0 Å². The molecule has 3 aromatic rings. The zero-order valence-corrected chi connectivity index (χ0v) is 21.8. The quantitative estimate of drug-likeness (QED) is 0.405. The molecule has 5 rings (SSSR count). The molecule has 194 valence electrons. The fourth-order valence-corrected chi connectivity index (χ4v) is 5.44. The molecule has 0 bridgehead atoms. The van der Waals surface area contributed by atoms with Gasteiger partial charge in [-0.15, -0.1) is 0 Å². The second-order valence-corrected chi connectivity index (χ2v) is 9.60. The third-order valence-corrected chi connectivity index (χ3v) is 7.27. The van der Waals surface area contributed by atoms with Crippen LogP contribution in [0.4, 0.5) is 0 Å². The molecular weight excluding hydrogens is 478 g/mol. The highest BCUT2D eigenvalue weighted by Gasteiger charge is 2.41. The molecule has 2 atom stereocenters. The Bertz CT molecular complexity index is 1410. The van der Waals surface area contributed by atoms with Crippen molar-refractivity contribution in [2.24, 2.45) is 0 Å². The van der Waals surface area contributed by atoms with Gasteiger partial charge in [0.2, 0.25) is 0 Å². The van der Waals surface area contributed by atoms with Crippen LogP contribution in [0.3, 0.4) is 0 Å². The number of esters is 1. The molecule has 1 aliphatic carbocycles. The van der Waals surface area contributed by atoms with Gasteiger partial charge in [-0.05, 0) is 48.1 Å². The van der Waals surface area contributed by atoms with Crippen LogP contribution in [-0.2, 0) is 20.9 Å². The van der Waals surface area contributed by atoms with Crippen LogP contribution in [-0.4, -0.2) is 26.0 Å². The number of Topliss-reactive ketones (excluding diaryl/α,β-unsaturated/α-hetero) is 1. The standard InChI is InChI=1S/C32H31NO5/c1-20-29(32(35)38-19-21-10-6-4-7-11-21)30(23-14-15-27(36-2)28(18-23)37-3)31-25(33-20)16-24(17-26(31)34)22-12-8-5-9-13-22/h4-15,18,24,30,33H,16-17,19H2,1-3H3/t24-,30+/m1/s1. The maximum Gasteiger partial charge on any atom is 0.337 e. The van der Waals surface area contributed by atoms with E-state index in [9.17, 15) is 9.59 Å². The number of allylic oxidation sites excluding steroid dienone is 3. The average molecular weight is 510 g/mol. The van der Waals surface area contributed by atoms with Crippen molar-refractivity contribution < 1.29 is 23.8 Å². The summed E-state index contributed by atoms with van der Waals surface area (Å²) in [6.07, 6.45) is 1.05. The van der Waals surface area contributed by atoms with E-state index < -0.39 is 11.9 Å². The summed E-state index contributed by atoms with van der Waals surface area (Å²) in [7, 11) is 3.15. The van der Waals surface area contributed by atoms with Crippen LogP contribution in [0.15, 0.2) is 101 Å². The van der Waals surface area contributed by atoms with Gasteiger partial charge in [0.05, 0.1) is 19.8 Å². The van der Waals surface area contributed by atoms with Crippen molar-refractivity contribution in [3.63, 3.8) is 0 Å². The summed E-state index contributed by atoms with van der Waals surface area (Å²) in [4.78, 5) is 27.4. The highest BCUT2D eigenvalue weighted by atomic mass is 16.5. The van der Waals surface area contributed by atoms with E-state index in [0.29, 0.717) is 41.2 Å². The molecule has 2 aliphatic rings. The van der Waals surface area contributed by atoms with Crippen LogP contribution in [0.25, 0.3) is 0 Å². The highest BCUT2D eigenvalue weighted by molar-refractivity contribution is 6.04. The van der Waals surface area contributed by atoms with E-state index in [2.05, 4.69) is 17.4 Å². The summed E-state index contributed by atoms with van der Waals surface area (Å²) in [6.45, 7) is 2.01. The Kier molecular flexibility index (Phi) is 7.31. The van der Waals surface area contributed by atoms with Gasteiger partial charge in [-0.1, -0.05) is 66.7 Å². The molecule has 38 heavy (non-hydrogen) atoms. The minimum Gasteiger partial charge on any atom is -0.493 e. The lowest BCUT2D eigenvalue weighted by Crippen LogP contribution is -2.36. The van der Waals surface area contributed by atoms with Gasteiger partial charge in [-0.3, -0.25) is 4.79 Å². The van der Waals surface area contributed by atoms with Gasteiger partial charge in [0.15, 0.2) is 17.3 Å². The normalized spacial score (nSPS) is 19.0. The first-order valence-electron chi connectivity index (χ1n) is 12.7. The van der Waals surface area contributed by atoms with E-state index in [1.807, 2.05) is 67.6 Å². The first-order chi connectivity index (χ1) is 18.5. The zero-order chi connectivity index (χ0) is 26.6.